The lowest BCUT2D eigenvalue weighted by Gasteiger charge is -2.45. The van der Waals surface area contributed by atoms with Crippen LogP contribution in [-0.4, -0.2) is 87.3 Å². The minimum Gasteiger partial charge on any atom is -0.504 e. The molecule has 4 bridgehead atoms. The number of carbonyl (C=O) groups excluding carboxylic acids is 1. The van der Waals surface area contributed by atoms with E-state index in [4.69, 9.17) is 18.9 Å². The highest BCUT2D eigenvalue weighted by atomic mass is 33.1. The van der Waals surface area contributed by atoms with Crippen LogP contribution in [0.15, 0.2) is 59.9 Å². The quantitative estimate of drug-likeness (QED) is 0.104. The first-order chi connectivity index (χ1) is 26.2. The molecular weight excluding hydrogens is 729 g/mol. The number of ether oxygens (including phenoxy) is 4. The molecule has 4 heterocycles. The van der Waals surface area contributed by atoms with Crippen LogP contribution in [0, 0.1) is 5.92 Å². The van der Waals surface area contributed by atoms with Gasteiger partial charge < -0.3 is 44.9 Å². The largest absolute Gasteiger partial charge is 0.504 e. The number of hydrogen-bond donors (Lipinski definition) is 5. The predicted octanol–water partition coefficient (Wildman–Crippen LogP) is 6.22. The van der Waals surface area contributed by atoms with Gasteiger partial charge in [-0.1, -0.05) is 33.7 Å². The number of esters is 1. The summed E-state index contributed by atoms with van der Waals surface area (Å²) in [4.78, 5) is 21.0. The first-order valence-electron chi connectivity index (χ1n) is 18.8. The number of aliphatic imine (C=N–C) groups is 1. The van der Waals surface area contributed by atoms with E-state index in [1.165, 1.54) is 13.0 Å². The van der Waals surface area contributed by atoms with E-state index < -0.39 is 12.2 Å². The average molecular weight is 779 g/mol. The average Bonchev–Trinajstić information content (AvgIpc) is 3.32. The molecule has 1 aromatic heterocycles. The third kappa shape index (κ3) is 9.09. The van der Waals surface area contributed by atoms with E-state index in [1.807, 2.05) is 45.9 Å². The molecule has 0 amide bonds. The number of guanidine groups is 1. The molecule has 3 aromatic rings. The minimum absolute atomic E-state index is 0.0117. The number of hydrogen-bond acceptors (Lipinski definition) is 12. The number of fused-ring (bicyclic) bond motifs is 3. The van der Waals surface area contributed by atoms with E-state index in [1.54, 1.807) is 31.6 Å². The smallest absolute Gasteiger partial charge is 0.302 e. The van der Waals surface area contributed by atoms with Gasteiger partial charge in [-0.2, -0.15) is 0 Å². The molecule has 3 fully saturated rings. The summed E-state index contributed by atoms with van der Waals surface area (Å²) < 4.78 is 25.4. The molecule has 1 aliphatic carbocycles. The van der Waals surface area contributed by atoms with Gasteiger partial charge in [-0.3, -0.25) is 14.8 Å². The number of benzene rings is 2. The Kier molecular flexibility index (Phi) is 12.2. The molecule has 12 nitrogen and oxygen atoms in total. The van der Waals surface area contributed by atoms with Crippen molar-refractivity contribution in [1.82, 2.24) is 15.6 Å². The minimum atomic E-state index is -0.548. The molecule has 14 heteroatoms. The summed E-state index contributed by atoms with van der Waals surface area (Å²) in [5.74, 6) is 1.27. The second-order valence-corrected chi connectivity index (χ2v) is 17.4. The third-order valence-electron chi connectivity index (χ3n) is 10.9. The summed E-state index contributed by atoms with van der Waals surface area (Å²) in [6.07, 6.45) is 8.86. The van der Waals surface area contributed by atoms with Gasteiger partial charge in [0, 0.05) is 69.6 Å². The zero-order chi connectivity index (χ0) is 37.7. The zero-order valence-corrected chi connectivity index (χ0v) is 32.4. The normalized spacial score (nSPS) is 29.3. The highest BCUT2D eigenvalue weighted by molar-refractivity contribution is 8.77. The molecule has 7 rings (SSSR count). The van der Waals surface area contributed by atoms with Gasteiger partial charge in [0.25, 0.3) is 0 Å². The van der Waals surface area contributed by atoms with Crippen LogP contribution in [0.2, 0.25) is 0 Å². The van der Waals surface area contributed by atoms with Crippen LogP contribution >= 0.6 is 21.6 Å². The van der Waals surface area contributed by atoms with Crippen molar-refractivity contribution < 1.29 is 39.1 Å². The Labute approximate surface area is 324 Å². The van der Waals surface area contributed by atoms with E-state index in [9.17, 15) is 20.1 Å². The van der Waals surface area contributed by atoms with E-state index in [0.717, 1.165) is 61.5 Å². The van der Waals surface area contributed by atoms with Crippen molar-refractivity contribution in [3.63, 3.8) is 0 Å². The van der Waals surface area contributed by atoms with Gasteiger partial charge in [0.2, 0.25) is 5.75 Å². The van der Waals surface area contributed by atoms with Crippen molar-refractivity contribution in [1.29, 1.82) is 0 Å². The molecule has 1 spiro atoms. The summed E-state index contributed by atoms with van der Waals surface area (Å²) in [6.45, 7) is 2.49. The van der Waals surface area contributed by atoms with E-state index in [-0.39, 0.29) is 64.5 Å². The molecule has 0 unspecified atom stereocenters. The van der Waals surface area contributed by atoms with Gasteiger partial charge in [0.15, 0.2) is 29.0 Å². The maximum Gasteiger partial charge on any atom is 0.302 e. The molecule has 290 valence electrons. The monoisotopic (exact) mass is 778 g/mol. The number of aromatic hydroxyl groups is 3. The summed E-state index contributed by atoms with van der Waals surface area (Å²) >= 11 is 0. The maximum atomic E-state index is 12.3. The molecule has 5 N–H and O–H groups in total. The molecule has 3 aliphatic heterocycles. The molecule has 2 saturated heterocycles. The fraction of sp³-hybridized carbons (Fsp3) is 0.525. The zero-order valence-electron chi connectivity index (χ0n) is 30.7. The fourth-order valence-electron chi connectivity index (χ4n) is 8.26. The lowest BCUT2D eigenvalue weighted by Crippen LogP contribution is -2.59. The predicted molar refractivity (Wildman–Crippen MR) is 209 cm³/mol. The number of phenolic OH excluding ortho intramolecular Hbond substituents is 3. The maximum absolute atomic E-state index is 12.3. The van der Waals surface area contributed by atoms with Gasteiger partial charge >= 0.3 is 5.97 Å². The van der Waals surface area contributed by atoms with Crippen molar-refractivity contribution in [2.75, 3.05) is 26.0 Å². The van der Waals surface area contributed by atoms with Crippen LogP contribution < -0.4 is 20.1 Å². The van der Waals surface area contributed by atoms with Crippen LogP contribution in [0.5, 0.6) is 28.7 Å². The van der Waals surface area contributed by atoms with Crippen LogP contribution in [0.3, 0.4) is 0 Å². The first-order valence-corrected chi connectivity index (χ1v) is 21.2. The van der Waals surface area contributed by atoms with Crippen LogP contribution in [0.1, 0.15) is 74.7 Å². The van der Waals surface area contributed by atoms with Crippen molar-refractivity contribution in [2.45, 2.75) is 99.9 Å². The van der Waals surface area contributed by atoms with Crippen molar-refractivity contribution in [2.24, 2.45) is 10.9 Å². The second kappa shape index (κ2) is 17.2. The Balaban J connectivity index is 1.17. The van der Waals surface area contributed by atoms with Gasteiger partial charge in [0.1, 0.15) is 12.2 Å². The third-order valence-corrected chi connectivity index (χ3v) is 14.1. The number of rotatable bonds is 7. The summed E-state index contributed by atoms with van der Waals surface area (Å²) in [6, 6.07) is 12.6. The summed E-state index contributed by atoms with van der Waals surface area (Å²) in [5, 5.41) is 40.0. The molecule has 1 saturated carbocycles. The van der Waals surface area contributed by atoms with Crippen LogP contribution in [0.25, 0.3) is 0 Å². The number of pyridine rings is 1. The Bertz CT molecular complexity index is 1800. The number of phenols is 3. The Morgan fingerprint density at radius 1 is 1.13 bits per heavy atom. The van der Waals surface area contributed by atoms with Crippen molar-refractivity contribution >= 4 is 33.5 Å². The molecule has 4 aliphatic rings. The van der Waals surface area contributed by atoms with Crippen molar-refractivity contribution in [3.8, 4) is 28.7 Å². The van der Waals surface area contributed by atoms with E-state index in [2.05, 4.69) is 20.6 Å². The molecular formula is C40H50N4O8S2. The Morgan fingerprint density at radius 3 is 2.83 bits per heavy atom. The first kappa shape index (κ1) is 38.3. The number of carbonyl (C=O) groups is 1. The Morgan fingerprint density at radius 2 is 2.02 bits per heavy atom. The topological polar surface area (TPSA) is 164 Å². The van der Waals surface area contributed by atoms with Gasteiger partial charge in [-0.05, 0) is 85.0 Å². The second-order valence-electron chi connectivity index (χ2n) is 14.8. The van der Waals surface area contributed by atoms with Gasteiger partial charge in [-0.25, -0.2) is 0 Å². The fourth-order valence-corrected chi connectivity index (χ4v) is 11.8. The summed E-state index contributed by atoms with van der Waals surface area (Å²) in [5.41, 5.74) is 2.39. The molecule has 7 atom stereocenters. The molecule has 54 heavy (non-hydrogen) atoms. The highest BCUT2D eigenvalue weighted by Gasteiger charge is 2.46. The number of nitrogens with one attached hydrogen (secondary N) is 2. The highest BCUT2D eigenvalue weighted by Crippen LogP contribution is 2.48. The van der Waals surface area contributed by atoms with Gasteiger partial charge in [0.05, 0.1) is 24.4 Å². The van der Waals surface area contributed by atoms with Crippen LogP contribution in [0.4, 0.5) is 0 Å². The molecule has 2 aromatic carbocycles. The lowest BCUT2D eigenvalue weighted by atomic mass is 9.77. The number of aromatic nitrogens is 1. The standard InChI is InChI=1S/C40H50N4O8S2/c1-24(45)50-30-19-33(27-17-32(47)38(48)36(18-27)49-14-10-25-5-4-12-42-22-25)52-34(20-30)28-15-26-7-8-31(46)35(16-26)51-29-6-3-11-40(21-29)37(54-53-23-28)9-13-43-39(41-2)44-40/h4-5,7-8,12,16-18,22,28-30,33-34,37,46-48H,3,6,9-11,13-15,19-21,23H2,1-2H3,(H2,41,43,44)/t28-,29-,30+,33+,34-,37+,40+/m1/s1. The molecule has 0 radical (unpaired) electrons. The SMILES string of the molecule is CN=C1NCC[C@@H]2SSC[C@H]([C@H]3C[C@@H](OC(C)=O)C[C@@H](c4cc(O)c(O)c(OCCc5cccnc5)c4)O3)Cc3ccc(O)c(c3)O[C@@H]3CCC[C@@]2(C3)N1. The Hall–Kier alpha value is -4.01. The van der Waals surface area contributed by atoms with Gasteiger partial charge in [-0.15, -0.1) is 0 Å². The van der Waals surface area contributed by atoms with E-state index >= 15 is 0 Å². The number of nitrogens with zero attached hydrogens (tertiary/aromatic N) is 2. The summed E-state index contributed by atoms with van der Waals surface area (Å²) in [7, 11) is 5.56. The van der Waals surface area contributed by atoms with E-state index in [0.29, 0.717) is 37.0 Å². The lowest BCUT2D eigenvalue weighted by molar-refractivity contribution is -0.163. The van der Waals surface area contributed by atoms with Crippen LogP contribution in [-0.2, 0) is 27.1 Å². The van der Waals surface area contributed by atoms with Crippen molar-refractivity contribution in [3.05, 3.63) is 71.5 Å².